The zero-order valence-corrected chi connectivity index (χ0v) is 15.1. The van der Waals surface area contributed by atoms with E-state index in [4.69, 9.17) is 5.10 Å². The number of amides is 1. The number of carbonyl (C=O) groups is 1. The van der Waals surface area contributed by atoms with Crippen LogP contribution in [0.3, 0.4) is 0 Å². The Hall–Kier alpha value is -3.22. The van der Waals surface area contributed by atoms with Crippen molar-refractivity contribution in [3.05, 3.63) is 65.6 Å². The zero-order valence-electron chi connectivity index (χ0n) is 15.1. The van der Waals surface area contributed by atoms with E-state index in [1.165, 1.54) is 0 Å². The van der Waals surface area contributed by atoms with Gasteiger partial charge in [-0.15, -0.1) is 10.2 Å². The second-order valence-electron chi connectivity index (χ2n) is 6.21. The fourth-order valence-electron chi connectivity index (χ4n) is 2.62. The Morgan fingerprint density at radius 3 is 2.50 bits per heavy atom. The number of nitrogens with zero attached hydrogens (tertiary/aromatic N) is 4. The first-order valence-electron chi connectivity index (χ1n) is 8.52. The van der Waals surface area contributed by atoms with Crippen molar-refractivity contribution in [3.8, 4) is 5.69 Å². The lowest BCUT2D eigenvalue weighted by atomic mass is 10.1. The van der Waals surface area contributed by atoms with Crippen molar-refractivity contribution in [2.75, 3.05) is 12.4 Å². The van der Waals surface area contributed by atoms with Gasteiger partial charge in [-0.25, -0.2) is 4.68 Å². The molecule has 0 aliphatic heterocycles. The van der Waals surface area contributed by atoms with Crippen LogP contribution >= 0.6 is 0 Å². The van der Waals surface area contributed by atoms with Crippen molar-refractivity contribution < 1.29 is 4.79 Å². The molecule has 0 unspecified atom stereocenters. The van der Waals surface area contributed by atoms with Gasteiger partial charge < -0.3 is 10.6 Å². The van der Waals surface area contributed by atoms with Gasteiger partial charge in [0.25, 0.3) is 5.91 Å². The summed E-state index contributed by atoms with van der Waals surface area (Å²) in [5, 5.41) is 18.5. The van der Waals surface area contributed by atoms with Crippen molar-refractivity contribution in [2.24, 2.45) is 0 Å². The van der Waals surface area contributed by atoms with E-state index in [1.807, 2.05) is 41.2 Å². The summed E-state index contributed by atoms with van der Waals surface area (Å²) in [4.78, 5) is 11.5. The fourth-order valence-corrected chi connectivity index (χ4v) is 2.62. The summed E-state index contributed by atoms with van der Waals surface area (Å²) < 4.78 is 1.90. The van der Waals surface area contributed by atoms with E-state index < -0.39 is 0 Å². The van der Waals surface area contributed by atoms with Crippen LogP contribution in [0.2, 0.25) is 0 Å². The number of carbonyl (C=O) groups excluding carboxylic acids is 1. The second kappa shape index (κ2) is 7.77. The van der Waals surface area contributed by atoms with Crippen LogP contribution in [0.1, 0.15) is 41.5 Å². The Kier molecular flexibility index (Phi) is 5.26. The Morgan fingerprint density at radius 2 is 1.88 bits per heavy atom. The van der Waals surface area contributed by atoms with Crippen LogP contribution in [0.15, 0.2) is 48.7 Å². The molecule has 0 fully saturated rings. The molecule has 0 spiro atoms. The van der Waals surface area contributed by atoms with Gasteiger partial charge in [0.05, 0.1) is 11.4 Å². The van der Waals surface area contributed by atoms with Gasteiger partial charge in [-0.05, 0) is 30.2 Å². The highest BCUT2D eigenvalue weighted by Gasteiger charge is 2.13. The minimum absolute atomic E-state index is 0.254. The average Bonchev–Trinajstić information content (AvgIpc) is 3.11. The molecule has 2 aromatic heterocycles. The Morgan fingerprint density at radius 1 is 1.12 bits per heavy atom. The van der Waals surface area contributed by atoms with Crippen LogP contribution < -0.4 is 10.6 Å². The number of para-hydroxylation sites is 1. The molecular weight excluding hydrogens is 328 g/mol. The van der Waals surface area contributed by atoms with Gasteiger partial charge in [-0.3, -0.25) is 4.79 Å². The Labute approximate surface area is 152 Å². The fraction of sp³-hybridized carbons (Fsp3) is 0.263. The monoisotopic (exact) mass is 350 g/mol. The molecule has 0 aliphatic carbocycles. The first-order chi connectivity index (χ1) is 12.6. The highest BCUT2D eigenvalue weighted by Crippen LogP contribution is 2.21. The summed E-state index contributed by atoms with van der Waals surface area (Å²) in [6.07, 6.45) is 2.03. The molecule has 2 heterocycles. The average molecular weight is 350 g/mol. The molecule has 0 radical (unpaired) electrons. The maximum absolute atomic E-state index is 11.5. The Balaban J connectivity index is 1.77. The van der Waals surface area contributed by atoms with Crippen LogP contribution in [0.4, 0.5) is 5.82 Å². The first kappa shape index (κ1) is 17.6. The number of hydrogen-bond acceptors (Lipinski definition) is 5. The molecular formula is C19H22N6O. The molecule has 7 heteroatoms. The molecule has 0 aliphatic rings. The summed E-state index contributed by atoms with van der Waals surface area (Å²) in [5.41, 5.74) is 3.45. The van der Waals surface area contributed by atoms with Crippen molar-refractivity contribution in [2.45, 2.75) is 26.3 Å². The summed E-state index contributed by atoms with van der Waals surface area (Å²) in [6, 6.07) is 13.4. The molecule has 3 aromatic rings. The SMILES string of the molecule is CNC(=O)c1ccc(NCc2cn(-c3ccccc3)nc2C(C)C)nn1. The van der Waals surface area contributed by atoms with Crippen molar-refractivity contribution in [3.63, 3.8) is 0 Å². The first-order valence-corrected chi connectivity index (χ1v) is 8.52. The maximum Gasteiger partial charge on any atom is 0.271 e. The third-order valence-electron chi connectivity index (χ3n) is 3.97. The second-order valence-corrected chi connectivity index (χ2v) is 6.21. The largest absolute Gasteiger partial charge is 0.364 e. The summed E-state index contributed by atoms with van der Waals surface area (Å²) in [5.74, 6) is 0.661. The summed E-state index contributed by atoms with van der Waals surface area (Å²) >= 11 is 0. The molecule has 7 nitrogen and oxygen atoms in total. The van der Waals surface area contributed by atoms with E-state index in [1.54, 1.807) is 19.2 Å². The molecule has 1 amide bonds. The van der Waals surface area contributed by atoms with Gasteiger partial charge in [-0.1, -0.05) is 32.0 Å². The standard InChI is InChI=1S/C19H22N6O/c1-13(2)18-14(12-25(24-18)15-7-5-4-6-8-15)11-21-17-10-9-16(22-23-17)19(26)20-3/h4-10,12-13H,11H2,1-3H3,(H,20,26)(H,21,23). The molecule has 0 saturated carbocycles. The summed E-state index contributed by atoms with van der Waals surface area (Å²) in [6.45, 7) is 4.83. The number of rotatable bonds is 6. The lowest BCUT2D eigenvalue weighted by Gasteiger charge is -2.07. The quantitative estimate of drug-likeness (QED) is 0.714. The third-order valence-corrected chi connectivity index (χ3v) is 3.97. The van der Waals surface area contributed by atoms with Gasteiger partial charge in [0.15, 0.2) is 5.69 Å². The van der Waals surface area contributed by atoms with Crippen LogP contribution in [-0.2, 0) is 6.54 Å². The van der Waals surface area contributed by atoms with Gasteiger partial charge in [0, 0.05) is 25.4 Å². The smallest absolute Gasteiger partial charge is 0.271 e. The van der Waals surface area contributed by atoms with E-state index in [0.29, 0.717) is 18.3 Å². The predicted octanol–water partition coefficient (Wildman–Crippen LogP) is 2.76. The van der Waals surface area contributed by atoms with E-state index in [9.17, 15) is 4.79 Å². The molecule has 26 heavy (non-hydrogen) atoms. The highest BCUT2D eigenvalue weighted by molar-refractivity contribution is 5.91. The number of nitrogens with one attached hydrogen (secondary N) is 2. The van der Waals surface area contributed by atoms with Crippen molar-refractivity contribution in [1.29, 1.82) is 0 Å². The number of hydrogen-bond donors (Lipinski definition) is 2. The van der Waals surface area contributed by atoms with E-state index in [2.05, 4.69) is 34.7 Å². The van der Waals surface area contributed by atoms with Gasteiger partial charge in [0.1, 0.15) is 5.82 Å². The number of aromatic nitrogens is 4. The third kappa shape index (κ3) is 3.88. The minimum Gasteiger partial charge on any atom is -0.364 e. The van der Waals surface area contributed by atoms with E-state index in [-0.39, 0.29) is 11.6 Å². The van der Waals surface area contributed by atoms with E-state index in [0.717, 1.165) is 16.9 Å². The topological polar surface area (TPSA) is 84.7 Å². The van der Waals surface area contributed by atoms with Gasteiger partial charge in [0.2, 0.25) is 0 Å². The highest BCUT2D eigenvalue weighted by atomic mass is 16.1. The molecule has 0 atom stereocenters. The summed E-state index contributed by atoms with van der Waals surface area (Å²) in [7, 11) is 1.56. The predicted molar refractivity (Wildman–Crippen MR) is 100 cm³/mol. The van der Waals surface area contributed by atoms with E-state index >= 15 is 0 Å². The maximum atomic E-state index is 11.5. The minimum atomic E-state index is -0.254. The van der Waals surface area contributed by atoms with Gasteiger partial charge >= 0.3 is 0 Å². The van der Waals surface area contributed by atoms with Crippen LogP contribution in [0, 0.1) is 0 Å². The van der Waals surface area contributed by atoms with Gasteiger partial charge in [-0.2, -0.15) is 5.10 Å². The lowest BCUT2D eigenvalue weighted by Crippen LogP contribution is -2.19. The van der Waals surface area contributed by atoms with Crippen molar-refractivity contribution in [1.82, 2.24) is 25.3 Å². The molecule has 3 rings (SSSR count). The van der Waals surface area contributed by atoms with Crippen LogP contribution in [0.25, 0.3) is 5.69 Å². The molecule has 0 saturated heterocycles. The number of benzene rings is 1. The number of anilines is 1. The normalized spacial score (nSPS) is 10.8. The lowest BCUT2D eigenvalue weighted by molar-refractivity contribution is 0.0957. The Bertz CT molecular complexity index is 871. The molecule has 134 valence electrons. The molecule has 0 bridgehead atoms. The molecule has 2 N–H and O–H groups in total. The van der Waals surface area contributed by atoms with Crippen LogP contribution in [0.5, 0.6) is 0 Å². The molecule has 1 aromatic carbocycles. The zero-order chi connectivity index (χ0) is 18.5. The van der Waals surface area contributed by atoms with Crippen molar-refractivity contribution >= 4 is 11.7 Å². The van der Waals surface area contributed by atoms with Crippen LogP contribution in [-0.4, -0.2) is 32.9 Å².